The van der Waals surface area contributed by atoms with Crippen LogP contribution in [0.25, 0.3) is 0 Å². The topological polar surface area (TPSA) is 79.9 Å². The lowest BCUT2D eigenvalue weighted by molar-refractivity contribution is 0.0535. The van der Waals surface area contributed by atoms with Crippen molar-refractivity contribution in [1.82, 2.24) is 10.2 Å². The van der Waals surface area contributed by atoms with Crippen LogP contribution in [-0.2, 0) is 22.7 Å². The number of carbonyl (C=O) groups is 2. The molecule has 2 aromatic rings. The Labute approximate surface area is 170 Å². The highest BCUT2D eigenvalue weighted by molar-refractivity contribution is 5.93. The molecule has 0 radical (unpaired) electrons. The fraction of sp³-hybridized carbons (Fsp3) is 0.364. The summed E-state index contributed by atoms with van der Waals surface area (Å²) >= 11 is 0. The van der Waals surface area contributed by atoms with Gasteiger partial charge >= 0.3 is 12.1 Å². The number of piperazine rings is 1. The predicted octanol–water partition coefficient (Wildman–Crippen LogP) is 2.77. The van der Waals surface area contributed by atoms with Crippen molar-refractivity contribution in [3.8, 4) is 0 Å². The zero-order chi connectivity index (χ0) is 20.1. The monoisotopic (exact) mass is 395 g/mol. The lowest BCUT2D eigenvalue weighted by Gasteiger charge is -2.33. The number of hydrogen-bond acceptors (Lipinski definition) is 6. The van der Waals surface area contributed by atoms with Crippen LogP contribution >= 0.6 is 0 Å². The summed E-state index contributed by atoms with van der Waals surface area (Å²) in [6, 6.07) is 15.6. The third-order valence-electron chi connectivity index (χ3n) is 5.22. The first-order valence-electron chi connectivity index (χ1n) is 9.92. The molecule has 2 aliphatic heterocycles. The summed E-state index contributed by atoms with van der Waals surface area (Å²) in [5, 5.41) is 6.84. The van der Waals surface area contributed by atoms with Crippen LogP contribution < -0.4 is 10.6 Å². The van der Waals surface area contributed by atoms with Crippen molar-refractivity contribution in [2.24, 2.45) is 0 Å². The lowest BCUT2D eigenvalue weighted by atomic mass is 10.1. The molecule has 7 heteroatoms. The van der Waals surface area contributed by atoms with Crippen LogP contribution in [0.5, 0.6) is 0 Å². The van der Waals surface area contributed by atoms with E-state index in [0.717, 1.165) is 36.3 Å². The second-order valence-electron chi connectivity index (χ2n) is 7.30. The van der Waals surface area contributed by atoms with Gasteiger partial charge in [0.05, 0.1) is 5.56 Å². The average molecular weight is 395 g/mol. The van der Waals surface area contributed by atoms with Crippen molar-refractivity contribution in [3.05, 3.63) is 65.2 Å². The number of anilines is 1. The van der Waals surface area contributed by atoms with E-state index in [-0.39, 0.29) is 18.1 Å². The second kappa shape index (κ2) is 8.96. The standard InChI is InChI=1S/C22H25N3O4/c26-21-20-7-6-18(12-17(20)15-28-21)23-9-8-19-13-25(11-10-24-19)22(27)29-14-16-4-2-1-3-5-16/h1-7,12,19,23-24H,8-11,13-15H2/t19-/m1/s1. The van der Waals surface area contributed by atoms with Crippen molar-refractivity contribution in [3.63, 3.8) is 0 Å². The van der Waals surface area contributed by atoms with Gasteiger partial charge in [-0.05, 0) is 30.2 Å². The summed E-state index contributed by atoms with van der Waals surface area (Å²) in [5.74, 6) is -0.253. The quantitative estimate of drug-likeness (QED) is 0.733. The Bertz CT molecular complexity index is 872. The Balaban J connectivity index is 1.22. The SMILES string of the molecule is O=C1OCc2cc(NCC[C@@H]3CN(C(=O)OCc4ccccc4)CCN3)ccc21. The van der Waals surface area contributed by atoms with Crippen LogP contribution in [0, 0.1) is 0 Å². The zero-order valence-corrected chi connectivity index (χ0v) is 16.2. The molecule has 2 aromatic carbocycles. The molecule has 0 saturated carbocycles. The van der Waals surface area contributed by atoms with Gasteiger partial charge in [0.2, 0.25) is 0 Å². The fourth-order valence-electron chi connectivity index (χ4n) is 3.63. The first-order valence-corrected chi connectivity index (χ1v) is 9.92. The number of carbonyl (C=O) groups excluding carboxylic acids is 2. The third-order valence-corrected chi connectivity index (χ3v) is 5.22. The van der Waals surface area contributed by atoms with Gasteiger partial charge < -0.3 is 25.0 Å². The number of fused-ring (bicyclic) bond motifs is 1. The molecule has 1 fully saturated rings. The molecule has 0 spiro atoms. The number of hydrogen-bond donors (Lipinski definition) is 2. The van der Waals surface area contributed by atoms with E-state index in [4.69, 9.17) is 9.47 Å². The van der Waals surface area contributed by atoms with Crippen molar-refractivity contribution in [2.45, 2.75) is 25.7 Å². The molecule has 4 rings (SSSR count). The number of nitrogens with one attached hydrogen (secondary N) is 2. The maximum absolute atomic E-state index is 12.4. The summed E-state index contributed by atoms with van der Waals surface area (Å²) in [5.41, 5.74) is 3.52. The minimum Gasteiger partial charge on any atom is -0.457 e. The average Bonchev–Trinajstić information content (AvgIpc) is 3.13. The summed E-state index contributed by atoms with van der Waals surface area (Å²) in [6.07, 6.45) is 0.603. The Hall–Kier alpha value is -3.06. The molecule has 2 heterocycles. The Kier molecular flexibility index (Phi) is 5.95. The zero-order valence-electron chi connectivity index (χ0n) is 16.2. The Morgan fingerprint density at radius 1 is 1.24 bits per heavy atom. The third kappa shape index (κ3) is 4.86. The predicted molar refractivity (Wildman–Crippen MR) is 109 cm³/mol. The van der Waals surface area contributed by atoms with E-state index < -0.39 is 0 Å². The van der Waals surface area contributed by atoms with Crippen LogP contribution in [-0.4, -0.2) is 49.2 Å². The van der Waals surface area contributed by atoms with E-state index in [1.54, 1.807) is 11.0 Å². The van der Waals surface area contributed by atoms with Gasteiger partial charge in [0, 0.05) is 43.5 Å². The van der Waals surface area contributed by atoms with Gasteiger partial charge in [-0.2, -0.15) is 0 Å². The first kappa shape index (κ1) is 19.3. The molecule has 0 unspecified atom stereocenters. The maximum atomic E-state index is 12.4. The van der Waals surface area contributed by atoms with Crippen molar-refractivity contribution in [2.75, 3.05) is 31.5 Å². The van der Waals surface area contributed by atoms with E-state index in [1.807, 2.05) is 42.5 Å². The lowest BCUT2D eigenvalue weighted by Crippen LogP contribution is -2.53. The van der Waals surface area contributed by atoms with E-state index >= 15 is 0 Å². The molecule has 7 nitrogen and oxygen atoms in total. The van der Waals surface area contributed by atoms with Crippen molar-refractivity contribution >= 4 is 17.7 Å². The van der Waals surface area contributed by atoms with Gasteiger partial charge in [0.25, 0.3) is 0 Å². The number of ether oxygens (including phenoxy) is 2. The second-order valence-corrected chi connectivity index (χ2v) is 7.30. The number of cyclic esters (lactones) is 1. The van der Waals surface area contributed by atoms with E-state index in [1.165, 1.54) is 0 Å². The van der Waals surface area contributed by atoms with Gasteiger partial charge in [-0.15, -0.1) is 0 Å². The first-order chi connectivity index (χ1) is 14.2. The summed E-state index contributed by atoms with van der Waals surface area (Å²) < 4.78 is 10.5. The molecular formula is C22H25N3O4. The summed E-state index contributed by atoms with van der Waals surface area (Å²) in [6.45, 7) is 3.42. The largest absolute Gasteiger partial charge is 0.457 e. The van der Waals surface area contributed by atoms with Crippen LogP contribution in [0.15, 0.2) is 48.5 Å². The molecule has 29 heavy (non-hydrogen) atoms. The van der Waals surface area contributed by atoms with Gasteiger partial charge in [0.1, 0.15) is 13.2 Å². The number of rotatable bonds is 6. The molecule has 1 amide bonds. The van der Waals surface area contributed by atoms with E-state index in [0.29, 0.717) is 31.9 Å². The van der Waals surface area contributed by atoms with Crippen molar-refractivity contribution < 1.29 is 19.1 Å². The van der Waals surface area contributed by atoms with Gasteiger partial charge in [0.15, 0.2) is 0 Å². The van der Waals surface area contributed by atoms with Crippen molar-refractivity contribution in [1.29, 1.82) is 0 Å². The summed E-state index contributed by atoms with van der Waals surface area (Å²) in [7, 11) is 0. The highest BCUT2D eigenvalue weighted by Crippen LogP contribution is 2.23. The van der Waals surface area contributed by atoms with Crippen LogP contribution in [0.4, 0.5) is 10.5 Å². The Morgan fingerprint density at radius 3 is 2.97 bits per heavy atom. The minimum atomic E-state index is -0.267. The van der Waals surface area contributed by atoms with Crippen LogP contribution in [0.1, 0.15) is 27.9 Å². The molecule has 0 aromatic heterocycles. The van der Waals surface area contributed by atoms with E-state index in [9.17, 15) is 9.59 Å². The smallest absolute Gasteiger partial charge is 0.410 e. The molecule has 152 valence electrons. The Morgan fingerprint density at radius 2 is 2.10 bits per heavy atom. The highest BCUT2D eigenvalue weighted by atomic mass is 16.6. The minimum absolute atomic E-state index is 0.208. The number of nitrogens with zero attached hydrogens (tertiary/aromatic N) is 1. The number of benzene rings is 2. The van der Waals surface area contributed by atoms with Gasteiger partial charge in [-0.1, -0.05) is 30.3 Å². The molecular weight excluding hydrogens is 370 g/mol. The molecule has 0 aliphatic carbocycles. The maximum Gasteiger partial charge on any atom is 0.410 e. The van der Waals surface area contributed by atoms with Crippen LogP contribution in [0.3, 0.4) is 0 Å². The number of amides is 1. The molecule has 2 aliphatic rings. The van der Waals surface area contributed by atoms with E-state index in [2.05, 4.69) is 10.6 Å². The molecule has 0 bridgehead atoms. The highest BCUT2D eigenvalue weighted by Gasteiger charge is 2.24. The van der Waals surface area contributed by atoms with Crippen LogP contribution in [0.2, 0.25) is 0 Å². The molecule has 1 atom stereocenters. The number of esters is 1. The molecule has 1 saturated heterocycles. The van der Waals surface area contributed by atoms with Gasteiger partial charge in [-0.25, -0.2) is 9.59 Å². The fourth-order valence-corrected chi connectivity index (χ4v) is 3.63. The molecule has 2 N–H and O–H groups in total. The summed E-state index contributed by atoms with van der Waals surface area (Å²) in [4.78, 5) is 25.7. The van der Waals surface area contributed by atoms with Gasteiger partial charge in [-0.3, -0.25) is 0 Å². The normalized spacial score (nSPS) is 18.1.